The molecule has 0 amide bonds. The molecule has 0 bridgehead atoms. The number of halogens is 2. The molecule has 0 fully saturated rings. The minimum absolute atomic E-state index is 0.558. The number of imidazole rings is 1. The number of benzene rings is 1. The topological polar surface area (TPSA) is 43.8 Å². The van der Waals surface area contributed by atoms with E-state index in [1.165, 1.54) is 12.8 Å². The quantitative estimate of drug-likeness (QED) is 0.758. The Morgan fingerprint density at radius 1 is 1.44 bits per heavy atom. The number of fused-ring (bicyclic) bond motifs is 3. The van der Waals surface area contributed by atoms with Gasteiger partial charge in [0.15, 0.2) is 0 Å². The fourth-order valence-corrected chi connectivity index (χ4v) is 2.84. The smallest absolute Gasteiger partial charge is 0.113 e. The van der Waals surface area contributed by atoms with E-state index in [0.717, 1.165) is 34.3 Å². The van der Waals surface area contributed by atoms with Crippen LogP contribution >= 0.6 is 27.5 Å². The summed E-state index contributed by atoms with van der Waals surface area (Å²) < 4.78 is 3.09. The molecule has 3 nitrogen and oxygen atoms in total. The summed E-state index contributed by atoms with van der Waals surface area (Å²) in [4.78, 5) is 4.59. The van der Waals surface area contributed by atoms with E-state index < -0.39 is 0 Å². The molecule has 0 saturated carbocycles. The maximum absolute atomic E-state index is 6.10. The van der Waals surface area contributed by atoms with E-state index in [9.17, 15) is 0 Å². The van der Waals surface area contributed by atoms with E-state index in [1.807, 2.05) is 6.07 Å². The molecule has 1 aliphatic heterocycles. The Kier molecular flexibility index (Phi) is 2.37. The van der Waals surface area contributed by atoms with Crippen LogP contribution < -0.4 is 5.73 Å². The molecule has 0 unspecified atom stereocenters. The fraction of sp³-hybridized carbons (Fsp3) is 0.364. The third-order valence-corrected chi connectivity index (χ3v) is 4.34. The molecule has 16 heavy (non-hydrogen) atoms. The van der Waals surface area contributed by atoms with E-state index in [0.29, 0.717) is 10.7 Å². The van der Waals surface area contributed by atoms with Gasteiger partial charge in [0.25, 0.3) is 0 Å². The average Bonchev–Trinajstić information content (AvgIpc) is 2.65. The standard InChI is InChI=1S/C11H11BrClN3/c12-6-5-7-11(10(14)9(6)13)15-8-3-1-2-4-16(7)8/h5H,1-4,14H2. The summed E-state index contributed by atoms with van der Waals surface area (Å²) in [6, 6.07) is 2.01. The number of hydrogen-bond donors (Lipinski definition) is 1. The van der Waals surface area contributed by atoms with E-state index in [-0.39, 0.29) is 0 Å². The second-order valence-corrected chi connectivity index (χ2v) is 5.32. The molecule has 2 heterocycles. The Bertz CT molecular complexity index is 576. The zero-order chi connectivity index (χ0) is 11.3. The average molecular weight is 301 g/mol. The summed E-state index contributed by atoms with van der Waals surface area (Å²) in [5, 5.41) is 0.558. The van der Waals surface area contributed by atoms with E-state index in [2.05, 4.69) is 25.5 Å². The maximum Gasteiger partial charge on any atom is 0.113 e. The summed E-state index contributed by atoms with van der Waals surface area (Å²) in [5.41, 5.74) is 8.49. The molecule has 1 aromatic carbocycles. The number of nitrogen functional groups attached to an aromatic ring is 1. The Balaban J connectivity index is 2.39. The lowest BCUT2D eigenvalue weighted by molar-refractivity contribution is 0.533. The van der Waals surface area contributed by atoms with Gasteiger partial charge in [-0.05, 0) is 34.8 Å². The Labute approximate surface area is 107 Å². The zero-order valence-corrected chi connectivity index (χ0v) is 11.0. The lowest BCUT2D eigenvalue weighted by Crippen LogP contribution is -2.09. The van der Waals surface area contributed by atoms with Gasteiger partial charge in [-0.25, -0.2) is 4.98 Å². The predicted octanol–water partition coefficient (Wildman–Crippen LogP) is 3.37. The largest absolute Gasteiger partial charge is 0.396 e. The molecule has 2 N–H and O–H groups in total. The first-order chi connectivity index (χ1) is 7.68. The first-order valence-electron chi connectivity index (χ1n) is 5.31. The molecule has 0 radical (unpaired) electrons. The molecule has 0 saturated heterocycles. The molecule has 84 valence electrons. The molecule has 2 aromatic rings. The Morgan fingerprint density at radius 3 is 3.06 bits per heavy atom. The summed E-state index contributed by atoms with van der Waals surface area (Å²) in [7, 11) is 0. The van der Waals surface area contributed by atoms with Crippen molar-refractivity contribution in [3.05, 3.63) is 21.4 Å². The number of rotatable bonds is 0. The Morgan fingerprint density at radius 2 is 2.25 bits per heavy atom. The van der Waals surface area contributed by atoms with Crippen molar-refractivity contribution in [1.29, 1.82) is 0 Å². The van der Waals surface area contributed by atoms with Crippen molar-refractivity contribution in [2.24, 2.45) is 0 Å². The van der Waals surface area contributed by atoms with Crippen LogP contribution in [0.3, 0.4) is 0 Å². The minimum Gasteiger partial charge on any atom is -0.396 e. The molecule has 1 aliphatic rings. The second kappa shape index (κ2) is 3.64. The maximum atomic E-state index is 6.10. The number of anilines is 1. The van der Waals surface area contributed by atoms with Crippen LogP contribution in [0.15, 0.2) is 10.5 Å². The summed E-state index contributed by atoms with van der Waals surface area (Å²) in [6.45, 7) is 1.03. The van der Waals surface area contributed by atoms with Gasteiger partial charge >= 0.3 is 0 Å². The van der Waals surface area contributed by atoms with Crippen LogP contribution in [0.5, 0.6) is 0 Å². The summed E-state index contributed by atoms with van der Waals surface area (Å²) in [5.74, 6) is 1.13. The second-order valence-electron chi connectivity index (χ2n) is 4.09. The van der Waals surface area contributed by atoms with E-state index in [1.54, 1.807) is 0 Å². The normalized spacial score (nSPS) is 15.4. The lowest BCUT2D eigenvalue weighted by atomic mass is 10.2. The van der Waals surface area contributed by atoms with Gasteiger partial charge < -0.3 is 10.3 Å². The third kappa shape index (κ3) is 1.36. The fourth-order valence-electron chi connectivity index (χ4n) is 2.27. The van der Waals surface area contributed by atoms with Crippen molar-refractivity contribution in [1.82, 2.24) is 9.55 Å². The number of aryl methyl sites for hydroxylation is 2. The molecule has 0 atom stereocenters. The molecule has 3 rings (SSSR count). The van der Waals surface area contributed by atoms with Gasteiger partial charge in [0.1, 0.15) is 11.3 Å². The molecule has 5 heteroatoms. The van der Waals surface area contributed by atoms with Crippen LogP contribution in [0.25, 0.3) is 11.0 Å². The summed E-state index contributed by atoms with van der Waals surface area (Å²) >= 11 is 9.53. The Hall–Kier alpha value is -0.740. The van der Waals surface area contributed by atoms with Crippen molar-refractivity contribution >= 4 is 44.3 Å². The van der Waals surface area contributed by atoms with Gasteiger partial charge in [0, 0.05) is 17.4 Å². The summed E-state index contributed by atoms with van der Waals surface area (Å²) in [6.07, 6.45) is 3.44. The zero-order valence-electron chi connectivity index (χ0n) is 8.63. The predicted molar refractivity (Wildman–Crippen MR) is 69.8 cm³/mol. The highest BCUT2D eigenvalue weighted by Crippen LogP contribution is 2.36. The van der Waals surface area contributed by atoms with E-state index >= 15 is 0 Å². The molecular weight excluding hydrogens is 289 g/mol. The number of hydrogen-bond acceptors (Lipinski definition) is 2. The minimum atomic E-state index is 0.558. The molecular formula is C11H11BrClN3. The van der Waals surface area contributed by atoms with Gasteiger partial charge in [0.2, 0.25) is 0 Å². The van der Waals surface area contributed by atoms with Crippen molar-refractivity contribution in [3.8, 4) is 0 Å². The number of nitrogens with zero attached hydrogens (tertiary/aromatic N) is 2. The highest BCUT2D eigenvalue weighted by molar-refractivity contribution is 9.10. The van der Waals surface area contributed by atoms with E-state index in [4.69, 9.17) is 17.3 Å². The van der Waals surface area contributed by atoms with Crippen LogP contribution in [0.4, 0.5) is 5.69 Å². The monoisotopic (exact) mass is 299 g/mol. The van der Waals surface area contributed by atoms with Crippen LogP contribution in [0, 0.1) is 0 Å². The van der Waals surface area contributed by atoms with Crippen molar-refractivity contribution in [3.63, 3.8) is 0 Å². The van der Waals surface area contributed by atoms with Gasteiger partial charge in [-0.15, -0.1) is 0 Å². The van der Waals surface area contributed by atoms with Gasteiger partial charge in [0.05, 0.1) is 16.2 Å². The first-order valence-corrected chi connectivity index (χ1v) is 6.48. The van der Waals surface area contributed by atoms with Gasteiger partial charge in [-0.3, -0.25) is 0 Å². The van der Waals surface area contributed by atoms with Crippen LogP contribution in [-0.2, 0) is 13.0 Å². The number of nitrogens with two attached hydrogens (primary N) is 1. The SMILES string of the molecule is Nc1c(Cl)c(Br)cc2c1nc1n2CCCC1. The van der Waals surface area contributed by atoms with Crippen LogP contribution in [0.1, 0.15) is 18.7 Å². The first kappa shape index (κ1) is 10.4. The lowest BCUT2D eigenvalue weighted by Gasteiger charge is -2.14. The van der Waals surface area contributed by atoms with Gasteiger partial charge in [-0.1, -0.05) is 11.6 Å². The molecule has 0 spiro atoms. The number of aromatic nitrogens is 2. The highest BCUT2D eigenvalue weighted by Gasteiger charge is 2.18. The van der Waals surface area contributed by atoms with Crippen LogP contribution in [0.2, 0.25) is 5.02 Å². The van der Waals surface area contributed by atoms with Crippen molar-refractivity contribution in [2.75, 3.05) is 5.73 Å². The van der Waals surface area contributed by atoms with Gasteiger partial charge in [-0.2, -0.15) is 0 Å². The van der Waals surface area contributed by atoms with Crippen molar-refractivity contribution in [2.45, 2.75) is 25.8 Å². The van der Waals surface area contributed by atoms with Crippen molar-refractivity contribution < 1.29 is 0 Å². The highest BCUT2D eigenvalue weighted by atomic mass is 79.9. The molecule has 1 aromatic heterocycles. The third-order valence-electron chi connectivity index (χ3n) is 3.08. The van der Waals surface area contributed by atoms with Crippen LogP contribution in [-0.4, -0.2) is 9.55 Å². The molecule has 0 aliphatic carbocycles.